The molecule has 0 aliphatic carbocycles. The van der Waals surface area contributed by atoms with Gasteiger partial charge in [-0.3, -0.25) is 4.79 Å². The standard InChI is InChI=1S/C20H22FN5O/c1-13(2)18(20(27)22-14(3)15-9-11-17(21)12-10-15)26-24-19(23-25-26)16-7-5-4-6-8-16/h4-14,18H,1-3H3,(H,22,27)/t14-,18+/m1/s1. The van der Waals surface area contributed by atoms with Crippen LogP contribution in [0.1, 0.15) is 38.4 Å². The van der Waals surface area contributed by atoms with E-state index in [-0.39, 0.29) is 23.7 Å². The molecule has 140 valence electrons. The quantitative estimate of drug-likeness (QED) is 0.723. The van der Waals surface area contributed by atoms with Gasteiger partial charge in [-0.25, -0.2) is 4.39 Å². The molecule has 0 radical (unpaired) electrons. The van der Waals surface area contributed by atoms with Crippen molar-refractivity contribution < 1.29 is 9.18 Å². The molecule has 0 aliphatic rings. The number of hydrogen-bond acceptors (Lipinski definition) is 4. The van der Waals surface area contributed by atoms with Crippen molar-refractivity contribution in [3.05, 3.63) is 66.0 Å². The molecule has 0 saturated carbocycles. The van der Waals surface area contributed by atoms with E-state index in [1.54, 1.807) is 12.1 Å². The zero-order valence-corrected chi connectivity index (χ0v) is 15.5. The van der Waals surface area contributed by atoms with Crippen LogP contribution in [0.2, 0.25) is 0 Å². The smallest absolute Gasteiger partial charge is 0.247 e. The number of rotatable bonds is 6. The van der Waals surface area contributed by atoms with Gasteiger partial charge in [-0.05, 0) is 35.8 Å². The number of carbonyl (C=O) groups is 1. The Labute approximate surface area is 157 Å². The van der Waals surface area contributed by atoms with Crippen LogP contribution >= 0.6 is 0 Å². The second-order valence-electron chi connectivity index (χ2n) is 6.77. The fraction of sp³-hybridized carbons (Fsp3) is 0.300. The molecule has 1 heterocycles. The lowest BCUT2D eigenvalue weighted by Gasteiger charge is -2.22. The lowest BCUT2D eigenvalue weighted by molar-refractivity contribution is -0.127. The number of hydrogen-bond donors (Lipinski definition) is 1. The summed E-state index contributed by atoms with van der Waals surface area (Å²) >= 11 is 0. The number of nitrogens with zero attached hydrogens (tertiary/aromatic N) is 4. The van der Waals surface area contributed by atoms with Crippen LogP contribution in [0.4, 0.5) is 4.39 Å². The van der Waals surface area contributed by atoms with Gasteiger partial charge in [-0.1, -0.05) is 56.3 Å². The van der Waals surface area contributed by atoms with Gasteiger partial charge in [-0.2, -0.15) is 4.80 Å². The summed E-state index contributed by atoms with van der Waals surface area (Å²) in [6.45, 7) is 5.71. The molecule has 27 heavy (non-hydrogen) atoms. The molecular formula is C20H22FN5O. The van der Waals surface area contributed by atoms with Gasteiger partial charge in [-0.15, -0.1) is 10.2 Å². The Morgan fingerprint density at radius 3 is 2.33 bits per heavy atom. The van der Waals surface area contributed by atoms with Crippen molar-refractivity contribution in [3.8, 4) is 11.4 Å². The van der Waals surface area contributed by atoms with Crippen LogP contribution in [0.5, 0.6) is 0 Å². The molecule has 2 aromatic carbocycles. The Hall–Kier alpha value is -3.09. The van der Waals surface area contributed by atoms with Gasteiger partial charge in [0.15, 0.2) is 6.04 Å². The van der Waals surface area contributed by atoms with Crippen LogP contribution in [0.15, 0.2) is 54.6 Å². The van der Waals surface area contributed by atoms with Gasteiger partial charge in [0, 0.05) is 5.56 Å². The Morgan fingerprint density at radius 1 is 1.04 bits per heavy atom. The average Bonchev–Trinajstić information content (AvgIpc) is 3.12. The lowest BCUT2D eigenvalue weighted by Crippen LogP contribution is -2.38. The Bertz CT molecular complexity index is 892. The lowest BCUT2D eigenvalue weighted by atomic mass is 10.0. The highest BCUT2D eigenvalue weighted by Gasteiger charge is 2.28. The van der Waals surface area contributed by atoms with Crippen LogP contribution in [0.3, 0.4) is 0 Å². The van der Waals surface area contributed by atoms with E-state index in [4.69, 9.17) is 0 Å². The molecule has 3 rings (SSSR count). The highest BCUT2D eigenvalue weighted by molar-refractivity contribution is 5.80. The van der Waals surface area contributed by atoms with Gasteiger partial charge in [0.1, 0.15) is 5.82 Å². The summed E-state index contributed by atoms with van der Waals surface area (Å²) in [4.78, 5) is 14.2. The Morgan fingerprint density at radius 2 is 1.70 bits per heavy atom. The molecule has 3 aromatic rings. The molecule has 0 spiro atoms. The van der Waals surface area contributed by atoms with Crippen LogP contribution in [0, 0.1) is 11.7 Å². The molecular weight excluding hydrogens is 345 g/mol. The summed E-state index contributed by atoms with van der Waals surface area (Å²) in [5.74, 6) is -0.0831. The van der Waals surface area contributed by atoms with Crippen molar-refractivity contribution in [3.63, 3.8) is 0 Å². The van der Waals surface area contributed by atoms with Gasteiger partial charge in [0.05, 0.1) is 6.04 Å². The molecule has 0 fully saturated rings. The summed E-state index contributed by atoms with van der Waals surface area (Å²) in [7, 11) is 0. The third-order valence-electron chi connectivity index (χ3n) is 4.34. The van der Waals surface area contributed by atoms with Crippen LogP contribution in [0.25, 0.3) is 11.4 Å². The first-order valence-corrected chi connectivity index (χ1v) is 8.86. The van der Waals surface area contributed by atoms with E-state index in [2.05, 4.69) is 20.7 Å². The molecule has 2 atom stereocenters. The zero-order valence-electron chi connectivity index (χ0n) is 15.5. The van der Waals surface area contributed by atoms with Crippen molar-refractivity contribution >= 4 is 5.91 Å². The monoisotopic (exact) mass is 367 g/mol. The number of tetrazole rings is 1. The van der Waals surface area contributed by atoms with Crippen LogP contribution in [-0.4, -0.2) is 26.1 Å². The van der Waals surface area contributed by atoms with E-state index in [1.807, 2.05) is 51.1 Å². The van der Waals surface area contributed by atoms with Crippen LogP contribution < -0.4 is 5.32 Å². The summed E-state index contributed by atoms with van der Waals surface area (Å²) in [6, 6.07) is 14.7. The maximum absolute atomic E-state index is 13.1. The van der Waals surface area contributed by atoms with E-state index in [1.165, 1.54) is 16.9 Å². The molecule has 0 bridgehead atoms. The largest absolute Gasteiger partial charge is 0.348 e. The van der Waals surface area contributed by atoms with Crippen molar-refractivity contribution in [2.45, 2.75) is 32.9 Å². The average molecular weight is 367 g/mol. The second kappa shape index (κ2) is 8.07. The molecule has 1 amide bonds. The van der Waals surface area contributed by atoms with Gasteiger partial charge in [0.25, 0.3) is 0 Å². The predicted octanol–water partition coefficient (Wildman–Crippen LogP) is 3.55. The number of benzene rings is 2. The first-order valence-electron chi connectivity index (χ1n) is 8.86. The second-order valence-corrected chi connectivity index (χ2v) is 6.77. The first-order chi connectivity index (χ1) is 13.0. The van der Waals surface area contributed by atoms with Crippen molar-refractivity contribution in [2.24, 2.45) is 5.92 Å². The highest BCUT2D eigenvalue weighted by Crippen LogP contribution is 2.21. The first kappa shape index (κ1) is 18.7. The van der Waals surface area contributed by atoms with Crippen LogP contribution in [-0.2, 0) is 4.79 Å². The van der Waals surface area contributed by atoms with E-state index < -0.39 is 6.04 Å². The molecule has 7 heteroatoms. The molecule has 0 aliphatic heterocycles. The molecule has 1 N–H and O–H groups in total. The van der Waals surface area contributed by atoms with E-state index in [0.717, 1.165) is 11.1 Å². The van der Waals surface area contributed by atoms with E-state index in [0.29, 0.717) is 5.82 Å². The summed E-state index contributed by atoms with van der Waals surface area (Å²) < 4.78 is 13.1. The third-order valence-corrected chi connectivity index (χ3v) is 4.34. The van der Waals surface area contributed by atoms with Gasteiger partial charge in [0.2, 0.25) is 11.7 Å². The minimum absolute atomic E-state index is 0.0387. The Kier molecular flexibility index (Phi) is 5.59. The minimum Gasteiger partial charge on any atom is -0.348 e. The van der Waals surface area contributed by atoms with Gasteiger partial charge < -0.3 is 5.32 Å². The number of carbonyl (C=O) groups excluding carboxylic acids is 1. The summed E-state index contributed by atoms with van der Waals surface area (Å²) in [5, 5.41) is 15.5. The summed E-state index contributed by atoms with van der Waals surface area (Å²) in [5.41, 5.74) is 1.66. The maximum atomic E-state index is 13.1. The number of nitrogens with one attached hydrogen (secondary N) is 1. The number of amides is 1. The maximum Gasteiger partial charge on any atom is 0.247 e. The van der Waals surface area contributed by atoms with E-state index >= 15 is 0 Å². The van der Waals surface area contributed by atoms with Crippen molar-refractivity contribution in [1.82, 2.24) is 25.5 Å². The normalized spacial score (nSPS) is 13.4. The fourth-order valence-corrected chi connectivity index (χ4v) is 2.85. The molecule has 1 aromatic heterocycles. The van der Waals surface area contributed by atoms with Crippen molar-refractivity contribution in [1.29, 1.82) is 0 Å². The molecule has 6 nitrogen and oxygen atoms in total. The minimum atomic E-state index is -0.599. The fourth-order valence-electron chi connectivity index (χ4n) is 2.85. The number of halogens is 1. The van der Waals surface area contributed by atoms with E-state index in [9.17, 15) is 9.18 Å². The van der Waals surface area contributed by atoms with Gasteiger partial charge >= 0.3 is 0 Å². The summed E-state index contributed by atoms with van der Waals surface area (Å²) in [6.07, 6.45) is 0. The topological polar surface area (TPSA) is 72.7 Å². The zero-order chi connectivity index (χ0) is 19.4. The van der Waals surface area contributed by atoms with Crippen molar-refractivity contribution in [2.75, 3.05) is 0 Å². The molecule has 0 unspecified atom stereocenters. The highest BCUT2D eigenvalue weighted by atomic mass is 19.1. The SMILES string of the molecule is CC(C)[C@@H](C(=O)N[C@H](C)c1ccc(F)cc1)n1nnc(-c2ccccc2)n1. The predicted molar refractivity (Wildman–Crippen MR) is 100 cm³/mol. The number of aromatic nitrogens is 4. The third kappa shape index (κ3) is 4.36. The Balaban J connectivity index is 1.78. The molecule has 0 saturated heterocycles.